The van der Waals surface area contributed by atoms with Crippen molar-refractivity contribution in [3.8, 4) is 6.07 Å². The monoisotopic (exact) mass is 172 g/mol. The second kappa shape index (κ2) is 4.32. The van der Waals surface area contributed by atoms with Crippen LogP contribution in [-0.4, -0.2) is 0 Å². The molecule has 13 heavy (non-hydrogen) atoms. The number of rotatable bonds is 2. The first-order valence-corrected chi connectivity index (χ1v) is 4.13. The van der Waals surface area contributed by atoms with Crippen molar-refractivity contribution in [2.45, 2.75) is 13.3 Å². The van der Waals surface area contributed by atoms with Gasteiger partial charge < -0.3 is 5.73 Å². The van der Waals surface area contributed by atoms with Gasteiger partial charge in [0.05, 0.1) is 12.5 Å². The summed E-state index contributed by atoms with van der Waals surface area (Å²) >= 11 is 0. The minimum atomic E-state index is 0.438. The second-order valence-electron chi connectivity index (χ2n) is 2.88. The third-order valence-electron chi connectivity index (χ3n) is 1.82. The highest BCUT2D eigenvalue weighted by Gasteiger charge is 1.92. The van der Waals surface area contributed by atoms with Crippen molar-refractivity contribution < 1.29 is 0 Å². The predicted molar refractivity (Wildman–Crippen MR) is 54.9 cm³/mol. The Morgan fingerprint density at radius 3 is 2.92 bits per heavy atom. The summed E-state index contributed by atoms with van der Waals surface area (Å²) in [4.78, 5) is 0. The van der Waals surface area contributed by atoms with Crippen LogP contribution < -0.4 is 5.73 Å². The maximum Gasteiger partial charge on any atom is 0.0663 e. The van der Waals surface area contributed by atoms with Crippen molar-refractivity contribution in [1.82, 2.24) is 0 Å². The van der Waals surface area contributed by atoms with E-state index in [0.717, 1.165) is 16.8 Å². The van der Waals surface area contributed by atoms with Gasteiger partial charge in [0.25, 0.3) is 0 Å². The topological polar surface area (TPSA) is 49.8 Å². The summed E-state index contributed by atoms with van der Waals surface area (Å²) in [7, 11) is 0. The van der Waals surface area contributed by atoms with Gasteiger partial charge in [0.1, 0.15) is 0 Å². The molecule has 66 valence electrons. The Morgan fingerprint density at radius 1 is 1.54 bits per heavy atom. The van der Waals surface area contributed by atoms with Gasteiger partial charge in [-0.15, -0.1) is 0 Å². The standard InChI is InChI=1S/C11H12N2/c1-9-5-6-10(8-11(9)13)4-2-3-7-12/h2,4-6,8H,3,13H2,1H3. The van der Waals surface area contributed by atoms with Gasteiger partial charge in [0, 0.05) is 5.69 Å². The number of nitrogens with zero attached hydrogens (tertiary/aromatic N) is 1. The molecule has 2 nitrogen and oxygen atoms in total. The number of nitrogen functional groups attached to an aromatic ring is 1. The van der Waals surface area contributed by atoms with Gasteiger partial charge in [0.15, 0.2) is 0 Å². The molecule has 0 saturated heterocycles. The molecular formula is C11H12N2. The Hall–Kier alpha value is -1.75. The van der Waals surface area contributed by atoms with E-state index in [-0.39, 0.29) is 0 Å². The van der Waals surface area contributed by atoms with E-state index in [4.69, 9.17) is 11.0 Å². The summed E-state index contributed by atoms with van der Waals surface area (Å²) in [6, 6.07) is 7.91. The molecule has 0 fully saturated rings. The first kappa shape index (κ1) is 9.34. The fourth-order valence-corrected chi connectivity index (χ4v) is 1.01. The molecule has 2 heteroatoms. The lowest BCUT2D eigenvalue weighted by atomic mass is 10.1. The fourth-order valence-electron chi connectivity index (χ4n) is 1.01. The molecule has 0 radical (unpaired) electrons. The molecule has 0 bridgehead atoms. The molecule has 0 heterocycles. The third-order valence-corrected chi connectivity index (χ3v) is 1.82. The molecule has 0 amide bonds. The third kappa shape index (κ3) is 2.64. The number of nitriles is 1. The summed E-state index contributed by atoms with van der Waals surface area (Å²) < 4.78 is 0. The molecule has 1 aromatic carbocycles. The lowest BCUT2D eigenvalue weighted by Gasteiger charge is -1.99. The molecule has 0 atom stereocenters. The minimum absolute atomic E-state index is 0.438. The Morgan fingerprint density at radius 2 is 2.31 bits per heavy atom. The van der Waals surface area contributed by atoms with Crippen LogP contribution >= 0.6 is 0 Å². The molecule has 2 N–H and O–H groups in total. The maximum absolute atomic E-state index is 8.32. The van der Waals surface area contributed by atoms with Crippen molar-refractivity contribution in [2.24, 2.45) is 0 Å². The highest BCUT2D eigenvalue weighted by molar-refractivity contribution is 5.58. The normalized spacial score (nSPS) is 10.2. The van der Waals surface area contributed by atoms with Gasteiger partial charge >= 0.3 is 0 Å². The lowest BCUT2D eigenvalue weighted by molar-refractivity contribution is 1.36. The van der Waals surface area contributed by atoms with E-state index in [9.17, 15) is 0 Å². The lowest BCUT2D eigenvalue weighted by Crippen LogP contribution is -1.88. The molecule has 1 aromatic rings. The Bertz CT molecular complexity index is 359. The van der Waals surface area contributed by atoms with Crippen molar-refractivity contribution in [1.29, 1.82) is 5.26 Å². The number of hydrogen-bond donors (Lipinski definition) is 1. The molecule has 0 unspecified atom stereocenters. The van der Waals surface area contributed by atoms with Crippen LogP contribution in [0.5, 0.6) is 0 Å². The predicted octanol–water partition coefficient (Wildman–Crippen LogP) is 2.50. The van der Waals surface area contributed by atoms with Crippen LogP contribution in [0.3, 0.4) is 0 Å². The van der Waals surface area contributed by atoms with E-state index < -0.39 is 0 Å². The van der Waals surface area contributed by atoms with Crippen LogP contribution in [0.1, 0.15) is 17.5 Å². The van der Waals surface area contributed by atoms with Crippen LogP contribution in [0.2, 0.25) is 0 Å². The van der Waals surface area contributed by atoms with E-state index >= 15 is 0 Å². The average molecular weight is 172 g/mol. The number of allylic oxidation sites excluding steroid dienone is 1. The molecule has 0 saturated carbocycles. The number of anilines is 1. The van der Waals surface area contributed by atoms with Crippen molar-refractivity contribution in [3.05, 3.63) is 35.4 Å². The molecule has 0 spiro atoms. The summed E-state index contributed by atoms with van der Waals surface area (Å²) in [5, 5.41) is 8.32. The van der Waals surface area contributed by atoms with Gasteiger partial charge in [0.2, 0.25) is 0 Å². The zero-order chi connectivity index (χ0) is 9.68. The van der Waals surface area contributed by atoms with Crippen molar-refractivity contribution in [3.63, 3.8) is 0 Å². The molecular weight excluding hydrogens is 160 g/mol. The van der Waals surface area contributed by atoms with E-state index in [1.807, 2.05) is 43.3 Å². The summed E-state index contributed by atoms with van der Waals surface area (Å²) in [6.07, 6.45) is 4.16. The SMILES string of the molecule is Cc1ccc(C=CCC#N)cc1N. The van der Waals surface area contributed by atoms with Crippen LogP contribution in [0.15, 0.2) is 24.3 Å². The highest BCUT2D eigenvalue weighted by atomic mass is 14.5. The summed E-state index contributed by atoms with van der Waals surface area (Å²) in [5.41, 5.74) is 8.64. The van der Waals surface area contributed by atoms with Gasteiger partial charge in [-0.2, -0.15) is 5.26 Å². The first-order valence-electron chi connectivity index (χ1n) is 4.13. The molecule has 0 aliphatic rings. The number of hydrogen-bond acceptors (Lipinski definition) is 2. The van der Waals surface area contributed by atoms with E-state index in [0.29, 0.717) is 6.42 Å². The van der Waals surface area contributed by atoms with Crippen LogP contribution in [0.4, 0.5) is 5.69 Å². The van der Waals surface area contributed by atoms with Crippen LogP contribution in [0, 0.1) is 18.3 Å². The van der Waals surface area contributed by atoms with Crippen LogP contribution in [-0.2, 0) is 0 Å². The molecule has 0 aromatic heterocycles. The Kier molecular flexibility index (Phi) is 3.10. The quantitative estimate of drug-likeness (QED) is 0.697. The minimum Gasteiger partial charge on any atom is -0.398 e. The largest absolute Gasteiger partial charge is 0.398 e. The first-order chi connectivity index (χ1) is 6.24. The van der Waals surface area contributed by atoms with E-state index in [1.165, 1.54) is 0 Å². The molecule has 0 aliphatic carbocycles. The van der Waals surface area contributed by atoms with E-state index in [2.05, 4.69) is 0 Å². The zero-order valence-electron chi connectivity index (χ0n) is 7.62. The smallest absolute Gasteiger partial charge is 0.0663 e. The molecule has 1 rings (SSSR count). The fraction of sp³-hybridized carbons (Fsp3) is 0.182. The number of benzene rings is 1. The summed E-state index contributed by atoms with van der Waals surface area (Å²) in [5.74, 6) is 0. The van der Waals surface area contributed by atoms with Crippen molar-refractivity contribution in [2.75, 3.05) is 5.73 Å². The number of aryl methyl sites for hydroxylation is 1. The maximum atomic E-state index is 8.32. The van der Waals surface area contributed by atoms with Gasteiger partial charge in [-0.3, -0.25) is 0 Å². The molecule has 0 aliphatic heterocycles. The van der Waals surface area contributed by atoms with Gasteiger partial charge in [-0.25, -0.2) is 0 Å². The van der Waals surface area contributed by atoms with Crippen molar-refractivity contribution >= 4 is 11.8 Å². The summed E-state index contributed by atoms with van der Waals surface area (Å²) in [6.45, 7) is 1.97. The van der Waals surface area contributed by atoms with Gasteiger partial charge in [-0.1, -0.05) is 24.3 Å². The van der Waals surface area contributed by atoms with Gasteiger partial charge in [-0.05, 0) is 24.1 Å². The Labute approximate surface area is 78.3 Å². The second-order valence-corrected chi connectivity index (χ2v) is 2.88. The number of nitrogens with two attached hydrogens (primary N) is 1. The van der Waals surface area contributed by atoms with Crippen LogP contribution in [0.25, 0.3) is 6.08 Å². The van der Waals surface area contributed by atoms with E-state index in [1.54, 1.807) is 0 Å². The Balaban J connectivity index is 2.81. The average Bonchev–Trinajstić information content (AvgIpc) is 2.12. The highest BCUT2D eigenvalue weighted by Crippen LogP contribution is 2.13. The zero-order valence-corrected chi connectivity index (χ0v) is 7.62.